The number of hydrogen-bond acceptors (Lipinski definition) is 4. The molecule has 1 aromatic carbocycles. The first kappa shape index (κ1) is 18.9. The van der Waals surface area contributed by atoms with Gasteiger partial charge in [-0.05, 0) is 56.5 Å². The summed E-state index contributed by atoms with van der Waals surface area (Å²) in [6.07, 6.45) is 1.89. The molecule has 1 unspecified atom stereocenters. The van der Waals surface area contributed by atoms with E-state index in [1.807, 2.05) is 0 Å². The molecule has 1 saturated heterocycles. The van der Waals surface area contributed by atoms with Crippen molar-refractivity contribution in [2.24, 2.45) is 11.7 Å². The Balaban J connectivity index is 0.00000242. The summed E-state index contributed by atoms with van der Waals surface area (Å²) in [6, 6.07) is 4.41. The molecule has 0 aliphatic carbocycles. The average Bonchev–Trinajstić information content (AvgIpc) is 2.91. The van der Waals surface area contributed by atoms with Gasteiger partial charge in [-0.2, -0.15) is 0 Å². The number of carbonyl (C=O) groups is 1. The zero-order chi connectivity index (χ0) is 15.5. The van der Waals surface area contributed by atoms with Gasteiger partial charge in [0.25, 0.3) is 0 Å². The van der Waals surface area contributed by atoms with Crippen molar-refractivity contribution in [3.8, 4) is 0 Å². The predicted octanol–water partition coefficient (Wildman–Crippen LogP) is 0.794. The van der Waals surface area contributed by atoms with Crippen molar-refractivity contribution in [1.29, 1.82) is 0 Å². The van der Waals surface area contributed by atoms with Gasteiger partial charge in [-0.1, -0.05) is 6.07 Å². The first-order valence-corrected chi connectivity index (χ1v) is 8.49. The van der Waals surface area contributed by atoms with Crippen LogP contribution >= 0.6 is 12.4 Å². The standard InChI is InChI=1S/C14H21N3O3S.ClH/c1-10-2-3-12(8-13(10)14(15)18)21(19,20)17-7-5-11-4-6-16-9-11;/h2-3,8,11,16-17H,4-7,9H2,1H3,(H2,15,18);1H. The molecule has 1 aromatic rings. The predicted molar refractivity (Wildman–Crippen MR) is 87.7 cm³/mol. The van der Waals surface area contributed by atoms with Crippen LogP contribution in [0, 0.1) is 12.8 Å². The van der Waals surface area contributed by atoms with E-state index in [0.29, 0.717) is 18.0 Å². The molecule has 1 amide bonds. The first-order chi connectivity index (χ1) is 9.90. The van der Waals surface area contributed by atoms with Crippen LogP contribution in [0.4, 0.5) is 0 Å². The highest BCUT2D eigenvalue weighted by Gasteiger charge is 2.19. The lowest BCUT2D eigenvalue weighted by Gasteiger charge is -2.11. The summed E-state index contributed by atoms with van der Waals surface area (Å²) in [5.74, 6) is -0.103. The van der Waals surface area contributed by atoms with Crippen LogP contribution < -0.4 is 15.8 Å². The van der Waals surface area contributed by atoms with Crippen LogP contribution in [0.25, 0.3) is 0 Å². The number of amides is 1. The maximum Gasteiger partial charge on any atom is 0.249 e. The SMILES string of the molecule is Cc1ccc(S(=O)(=O)NCCC2CCNC2)cc1C(N)=O.Cl. The third-order valence-corrected chi connectivity index (χ3v) is 5.25. The number of aryl methyl sites for hydroxylation is 1. The van der Waals surface area contributed by atoms with Crippen molar-refractivity contribution in [2.45, 2.75) is 24.7 Å². The van der Waals surface area contributed by atoms with Gasteiger partial charge in [0.15, 0.2) is 0 Å². The summed E-state index contributed by atoms with van der Waals surface area (Å²) >= 11 is 0. The maximum absolute atomic E-state index is 12.2. The molecule has 4 N–H and O–H groups in total. The molecule has 1 aliphatic heterocycles. The second kappa shape index (κ2) is 7.92. The van der Waals surface area contributed by atoms with Crippen LogP contribution in [0.3, 0.4) is 0 Å². The molecule has 0 aromatic heterocycles. The number of nitrogens with two attached hydrogens (primary N) is 1. The lowest BCUT2D eigenvalue weighted by molar-refractivity contribution is 0.0999. The fourth-order valence-corrected chi connectivity index (χ4v) is 3.55. The fourth-order valence-electron chi connectivity index (χ4n) is 2.48. The largest absolute Gasteiger partial charge is 0.366 e. The van der Waals surface area contributed by atoms with Crippen LogP contribution in [-0.2, 0) is 10.0 Å². The lowest BCUT2D eigenvalue weighted by atomic mass is 10.1. The lowest BCUT2D eigenvalue weighted by Crippen LogP contribution is -2.27. The van der Waals surface area contributed by atoms with Crippen molar-refractivity contribution < 1.29 is 13.2 Å². The Morgan fingerprint density at radius 2 is 2.18 bits per heavy atom. The molecule has 1 fully saturated rings. The van der Waals surface area contributed by atoms with E-state index in [2.05, 4.69) is 10.0 Å². The van der Waals surface area contributed by atoms with Gasteiger partial charge < -0.3 is 11.1 Å². The zero-order valence-electron chi connectivity index (χ0n) is 12.5. The Morgan fingerprint density at radius 3 is 2.77 bits per heavy atom. The van der Waals surface area contributed by atoms with Crippen LogP contribution in [0.2, 0.25) is 0 Å². The van der Waals surface area contributed by atoms with Crippen LogP contribution in [-0.4, -0.2) is 34.0 Å². The van der Waals surface area contributed by atoms with E-state index >= 15 is 0 Å². The molecule has 8 heteroatoms. The van der Waals surface area contributed by atoms with E-state index in [1.165, 1.54) is 12.1 Å². The molecule has 2 rings (SSSR count). The number of hydrogen-bond donors (Lipinski definition) is 3. The molecule has 1 atom stereocenters. The number of benzene rings is 1. The van der Waals surface area contributed by atoms with Gasteiger partial charge in [-0.3, -0.25) is 4.79 Å². The van der Waals surface area contributed by atoms with Crippen molar-refractivity contribution in [3.63, 3.8) is 0 Å². The van der Waals surface area contributed by atoms with Crippen molar-refractivity contribution in [2.75, 3.05) is 19.6 Å². The van der Waals surface area contributed by atoms with E-state index in [4.69, 9.17) is 5.73 Å². The van der Waals surface area contributed by atoms with Gasteiger partial charge in [0.1, 0.15) is 0 Å². The van der Waals surface area contributed by atoms with E-state index in [1.54, 1.807) is 13.0 Å². The smallest absolute Gasteiger partial charge is 0.249 e. The molecule has 0 spiro atoms. The highest BCUT2D eigenvalue weighted by atomic mass is 35.5. The first-order valence-electron chi connectivity index (χ1n) is 7.01. The topological polar surface area (TPSA) is 101 Å². The molecule has 124 valence electrons. The molecule has 1 heterocycles. The summed E-state index contributed by atoms with van der Waals surface area (Å²) < 4.78 is 27.0. The minimum atomic E-state index is -3.60. The molecule has 1 aliphatic rings. The Morgan fingerprint density at radius 1 is 1.45 bits per heavy atom. The van der Waals surface area contributed by atoms with E-state index in [-0.39, 0.29) is 22.9 Å². The van der Waals surface area contributed by atoms with Gasteiger partial charge in [0.05, 0.1) is 4.90 Å². The van der Waals surface area contributed by atoms with Crippen LogP contribution in [0.1, 0.15) is 28.8 Å². The van der Waals surface area contributed by atoms with Gasteiger partial charge in [0.2, 0.25) is 15.9 Å². The molecule has 0 saturated carbocycles. The Bertz CT molecular complexity index is 628. The van der Waals surface area contributed by atoms with Crippen LogP contribution in [0.5, 0.6) is 0 Å². The third-order valence-electron chi connectivity index (χ3n) is 3.79. The summed E-state index contributed by atoms with van der Waals surface area (Å²) in [6.45, 7) is 4.06. The number of rotatable bonds is 6. The Hall–Kier alpha value is -1.15. The highest BCUT2D eigenvalue weighted by Crippen LogP contribution is 2.16. The van der Waals surface area contributed by atoms with Crippen molar-refractivity contribution in [3.05, 3.63) is 29.3 Å². The summed E-state index contributed by atoms with van der Waals surface area (Å²) in [5, 5.41) is 3.25. The molecular formula is C14H22ClN3O3S. The summed E-state index contributed by atoms with van der Waals surface area (Å²) in [7, 11) is -3.60. The Kier molecular flexibility index (Phi) is 6.80. The zero-order valence-corrected chi connectivity index (χ0v) is 14.1. The van der Waals surface area contributed by atoms with Gasteiger partial charge in [-0.25, -0.2) is 13.1 Å². The minimum Gasteiger partial charge on any atom is -0.366 e. The minimum absolute atomic E-state index is 0. The number of sulfonamides is 1. The molecule has 6 nitrogen and oxygen atoms in total. The molecule has 0 radical (unpaired) electrons. The Labute approximate surface area is 137 Å². The number of primary amides is 1. The summed E-state index contributed by atoms with van der Waals surface area (Å²) in [4.78, 5) is 11.4. The van der Waals surface area contributed by atoms with E-state index < -0.39 is 15.9 Å². The fraction of sp³-hybridized carbons (Fsp3) is 0.500. The maximum atomic E-state index is 12.2. The molecule has 22 heavy (non-hydrogen) atoms. The average molecular weight is 348 g/mol. The number of nitrogens with one attached hydrogen (secondary N) is 2. The number of halogens is 1. The van der Waals surface area contributed by atoms with Gasteiger partial charge >= 0.3 is 0 Å². The van der Waals surface area contributed by atoms with Gasteiger partial charge in [-0.15, -0.1) is 12.4 Å². The monoisotopic (exact) mass is 347 g/mol. The summed E-state index contributed by atoms with van der Waals surface area (Å²) in [5.41, 5.74) is 6.15. The quantitative estimate of drug-likeness (QED) is 0.708. The normalized spacial score (nSPS) is 18.0. The third kappa shape index (κ3) is 4.67. The molecule has 0 bridgehead atoms. The second-order valence-corrected chi connectivity index (χ2v) is 7.15. The van der Waals surface area contributed by atoms with Crippen LogP contribution in [0.15, 0.2) is 23.1 Å². The molecular weight excluding hydrogens is 326 g/mol. The van der Waals surface area contributed by atoms with Crippen molar-refractivity contribution in [1.82, 2.24) is 10.0 Å². The van der Waals surface area contributed by atoms with E-state index in [0.717, 1.165) is 25.9 Å². The van der Waals surface area contributed by atoms with Crippen molar-refractivity contribution >= 4 is 28.3 Å². The number of carbonyl (C=O) groups excluding carboxylic acids is 1. The van der Waals surface area contributed by atoms with Gasteiger partial charge in [0, 0.05) is 12.1 Å². The highest BCUT2D eigenvalue weighted by molar-refractivity contribution is 7.89. The van der Waals surface area contributed by atoms with E-state index in [9.17, 15) is 13.2 Å². The second-order valence-electron chi connectivity index (χ2n) is 5.39.